The number of nitrogens with two attached hydrogens (primary N) is 1. The molecular formula is C30H32N2O5. The number of rotatable bonds is 8. The molecule has 1 amide bonds. The highest BCUT2D eigenvalue weighted by Crippen LogP contribution is 2.44. The summed E-state index contributed by atoms with van der Waals surface area (Å²) in [5, 5.41) is 15.6. The first-order chi connectivity index (χ1) is 17.8. The number of amides is 1. The molecule has 4 rings (SSSR count). The molecule has 0 unspecified atom stereocenters. The Labute approximate surface area is 216 Å². The molecule has 0 bridgehead atoms. The lowest BCUT2D eigenvalue weighted by Crippen LogP contribution is -2.51. The van der Waals surface area contributed by atoms with Gasteiger partial charge in [0, 0.05) is 18.7 Å². The smallest absolute Gasteiger partial charge is 0.328 e. The van der Waals surface area contributed by atoms with Crippen molar-refractivity contribution in [2.75, 3.05) is 13.1 Å². The van der Waals surface area contributed by atoms with Crippen molar-refractivity contribution in [3.63, 3.8) is 0 Å². The van der Waals surface area contributed by atoms with Crippen LogP contribution in [0, 0.1) is 5.92 Å². The number of benzene rings is 3. The Balaban J connectivity index is 0.000000414. The number of nitrogens with zero attached hydrogens (tertiary/aromatic N) is 1. The van der Waals surface area contributed by atoms with Crippen LogP contribution in [-0.4, -0.2) is 46.0 Å². The van der Waals surface area contributed by atoms with Crippen molar-refractivity contribution < 1.29 is 24.6 Å². The van der Waals surface area contributed by atoms with Gasteiger partial charge in [0.15, 0.2) is 0 Å². The summed E-state index contributed by atoms with van der Waals surface area (Å²) in [6.07, 6.45) is 3.00. The number of aliphatic carboxylic acids is 2. The molecule has 3 aromatic rings. The molecule has 1 saturated heterocycles. The van der Waals surface area contributed by atoms with Gasteiger partial charge in [-0.15, -0.1) is 0 Å². The maximum absolute atomic E-state index is 13.1. The van der Waals surface area contributed by atoms with Gasteiger partial charge in [-0.2, -0.15) is 0 Å². The maximum Gasteiger partial charge on any atom is 0.328 e. The second kappa shape index (κ2) is 13.2. The second-order valence-electron chi connectivity index (χ2n) is 8.95. The van der Waals surface area contributed by atoms with Gasteiger partial charge in [0.2, 0.25) is 5.91 Å². The van der Waals surface area contributed by atoms with Crippen molar-refractivity contribution in [1.29, 1.82) is 0 Å². The Bertz CT molecular complexity index is 1130. The largest absolute Gasteiger partial charge is 0.478 e. The van der Waals surface area contributed by atoms with Gasteiger partial charge in [0.1, 0.15) is 5.41 Å². The zero-order valence-corrected chi connectivity index (χ0v) is 20.6. The lowest BCUT2D eigenvalue weighted by molar-refractivity contribution is -0.134. The summed E-state index contributed by atoms with van der Waals surface area (Å²) in [5.74, 6) is -2.59. The Morgan fingerprint density at radius 3 is 1.54 bits per heavy atom. The number of likely N-dealkylation sites (tertiary alicyclic amines) is 1. The molecule has 0 aromatic heterocycles. The van der Waals surface area contributed by atoms with E-state index in [9.17, 15) is 14.4 Å². The standard InChI is InChI=1S/C26H28N2O.C4H4O4/c27-25(29)26(22-12-6-2-7-13-22,23-14-8-3-9-15-23)24-16-18-28(19-17-24)20-21-10-4-1-5-11-21;5-3(6)1-2-4(7)8/h1-15,24H,16-20H2,(H2,27,29);1-2H,(H,5,6)(H,7,8)/b;2-1+. The van der Waals surface area contributed by atoms with E-state index in [-0.39, 0.29) is 11.8 Å². The molecule has 0 spiro atoms. The van der Waals surface area contributed by atoms with Crippen molar-refractivity contribution >= 4 is 17.8 Å². The zero-order chi connectivity index (χ0) is 26.7. The molecule has 37 heavy (non-hydrogen) atoms. The molecule has 0 radical (unpaired) electrons. The lowest BCUT2D eigenvalue weighted by atomic mass is 9.62. The molecule has 192 valence electrons. The Hall–Kier alpha value is -4.23. The number of primary amides is 1. The third kappa shape index (κ3) is 7.15. The van der Waals surface area contributed by atoms with E-state index in [1.165, 1.54) is 5.56 Å². The number of carboxylic acid groups (broad SMARTS) is 2. The molecule has 0 aliphatic carbocycles. The summed E-state index contributed by atoms with van der Waals surface area (Å²) in [5.41, 5.74) is 8.71. The van der Waals surface area contributed by atoms with Crippen molar-refractivity contribution in [2.45, 2.75) is 24.8 Å². The zero-order valence-electron chi connectivity index (χ0n) is 20.6. The van der Waals surface area contributed by atoms with Crippen molar-refractivity contribution in [3.05, 3.63) is 120 Å². The van der Waals surface area contributed by atoms with Crippen LogP contribution < -0.4 is 5.73 Å². The Morgan fingerprint density at radius 1 is 0.757 bits per heavy atom. The summed E-state index contributed by atoms with van der Waals surface area (Å²) >= 11 is 0. The van der Waals surface area contributed by atoms with Crippen LogP contribution in [0.15, 0.2) is 103 Å². The Morgan fingerprint density at radius 2 is 1.16 bits per heavy atom. The van der Waals surface area contributed by atoms with Crippen LogP contribution in [0.2, 0.25) is 0 Å². The molecule has 4 N–H and O–H groups in total. The summed E-state index contributed by atoms with van der Waals surface area (Å²) < 4.78 is 0. The number of hydrogen-bond acceptors (Lipinski definition) is 4. The molecule has 1 aliphatic rings. The van der Waals surface area contributed by atoms with Crippen LogP contribution in [0.4, 0.5) is 0 Å². The van der Waals surface area contributed by atoms with E-state index < -0.39 is 17.4 Å². The van der Waals surface area contributed by atoms with Crippen molar-refractivity contribution in [1.82, 2.24) is 4.90 Å². The third-order valence-electron chi connectivity index (χ3n) is 6.66. The first kappa shape index (κ1) is 27.4. The van der Waals surface area contributed by atoms with Crippen LogP contribution in [0.25, 0.3) is 0 Å². The van der Waals surface area contributed by atoms with E-state index in [0.717, 1.165) is 43.6 Å². The van der Waals surface area contributed by atoms with E-state index in [1.807, 2.05) is 60.7 Å². The van der Waals surface area contributed by atoms with Gasteiger partial charge in [-0.1, -0.05) is 91.0 Å². The maximum atomic E-state index is 13.1. The average molecular weight is 501 g/mol. The van der Waals surface area contributed by atoms with E-state index in [0.29, 0.717) is 12.2 Å². The van der Waals surface area contributed by atoms with Gasteiger partial charge < -0.3 is 15.9 Å². The molecule has 7 heteroatoms. The van der Waals surface area contributed by atoms with Gasteiger partial charge in [-0.05, 0) is 48.5 Å². The quantitative estimate of drug-likeness (QED) is 0.401. The highest BCUT2D eigenvalue weighted by molar-refractivity contribution is 5.91. The fraction of sp³-hybridized carbons (Fsp3) is 0.233. The number of carboxylic acids is 2. The molecule has 1 fully saturated rings. The van der Waals surface area contributed by atoms with E-state index >= 15 is 0 Å². The molecule has 1 aliphatic heterocycles. The summed E-state index contributed by atoms with van der Waals surface area (Å²) in [7, 11) is 0. The molecule has 7 nitrogen and oxygen atoms in total. The molecule has 0 atom stereocenters. The SMILES string of the molecule is NC(=O)C(c1ccccc1)(c1ccccc1)C1CCN(Cc2ccccc2)CC1.O=C(O)/C=C/C(=O)O. The molecule has 1 heterocycles. The fourth-order valence-corrected chi connectivity index (χ4v) is 5.03. The minimum atomic E-state index is -1.26. The first-order valence-corrected chi connectivity index (χ1v) is 12.1. The number of piperidine rings is 1. The normalized spacial score (nSPS) is 14.5. The fourth-order valence-electron chi connectivity index (χ4n) is 5.03. The molecular weight excluding hydrogens is 468 g/mol. The molecule has 0 saturated carbocycles. The minimum Gasteiger partial charge on any atom is -0.478 e. The van der Waals surface area contributed by atoms with Crippen molar-refractivity contribution in [3.8, 4) is 0 Å². The number of carbonyl (C=O) groups is 3. The number of carbonyl (C=O) groups excluding carboxylic acids is 1. The third-order valence-corrected chi connectivity index (χ3v) is 6.66. The monoisotopic (exact) mass is 500 g/mol. The van der Waals surface area contributed by atoms with Gasteiger partial charge in [-0.3, -0.25) is 9.69 Å². The highest BCUT2D eigenvalue weighted by atomic mass is 16.4. The summed E-state index contributed by atoms with van der Waals surface area (Å²) in [6, 6.07) is 30.8. The number of hydrogen-bond donors (Lipinski definition) is 3. The predicted molar refractivity (Wildman–Crippen MR) is 142 cm³/mol. The van der Waals surface area contributed by atoms with Gasteiger partial charge >= 0.3 is 11.9 Å². The lowest BCUT2D eigenvalue weighted by Gasteiger charge is -2.43. The van der Waals surface area contributed by atoms with Crippen LogP contribution in [0.5, 0.6) is 0 Å². The molecule has 3 aromatic carbocycles. The van der Waals surface area contributed by atoms with E-state index in [4.69, 9.17) is 15.9 Å². The van der Waals surface area contributed by atoms with Crippen LogP contribution in [0.3, 0.4) is 0 Å². The van der Waals surface area contributed by atoms with Crippen LogP contribution in [-0.2, 0) is 26.3 Å². The topological polar surface area (TPSA) is 121 Å². The van der Waals surface area contributed by atoms with E-state index in [1.54, 1.807) is 0 Å². The summed E-state index contributed by atoms with van der Waals surface area (Å²) in [4.78, 5) is 34.7. The van der Waals surface area contributed by atoms with Gasteiger partial charge in [0.05, 0.1) is 0 Å². The first-order valence-electron chi connectivity index (χ1n) is 12.1. The van der Waals surface area contributed by atoms with Gasteiger partial charge in [0.25, 0.3) is 0 Å². The minimum absolute atomic E-state index is 0.178. The van der Waals surface area contributed by atoms with Crippen LogP contribution >= 0.6 is 0 Å². The Kier molecular flexibility index (Phi) is 9.75. The highest BCUT2D eigenvalue weighted by Gasteiger charge is 2.48. The van der Waals surface area contributed by atoms with Crippen LogP contribution in [0.1, 0.15) is 29.5 Å². The average Bonchev–Trinajstić information content (AvgIpc) is 2.91. The van der Waals surface area contributed by atoms with E-state index in [2.05, 4.69) is 35.2 Å². The summed E-state index contributed by atoms with van der Waals surface area (Å²) in [6.45, 7) is 2.89. The second-order valence-corrected chi connectivity index (χ2v) is 8.95. The van der Waals surface area contributed by atoms with Gasteiger partial charge in [-0.25, -0.2) is 9.59 Å². The van der Waals surface area contributed by atoms with Crippen molar-refractivity contribution in [2.24, 2.45) is 11.7 Å². The predicted octanol–water partition coefficient (Wildman–Crippen LogP) is 4.08.